The molecule has 0 aromatic carbocycles. The molecule has 8 heteroatoms. The smallest absolute Gasteiger partial charge is 0.239 e. The van der Waals surface area contributed by atoms with Crippen molar-refractivity contribution >= 4 is 11.8 Å². The van der Waals surface area contributed by atoms with Crippen molar-refractivity contribution in [3.63, 3.8) is 0 Å². The Morgan fingerprint density at radius 3 is 2.35 bits per heavy atom. The zero-order chi connectivity index (χ0) is 19.1. The lowest BCUT2D eigenvalue weighted by Crippen LogP contribution is -2.58. The van der Waals surface area contributed by atoms with Gasteiger partial charge in [0.1, 0.15) is 0 Å². The number of amides is 2. The quantitative estimate of drug-likeness (QED) is 0.603. The number of hydrogen-bond acceptors (Lipinski definition) is 6. The molecule has 1 N–H and O–H groups in total. The van der Waals surface area contributed by atoms with Gasteiger partial charge >= 0.3 is 0 Å². The van der Waals surface area contributed by atoms with Crippen molar-refractivity contribution in [3.05, 3.63) is 0 Å². The van der Waals surface area contributed by atoms with Gasteiger partial charge in [0.25, 0.3) is 0 Å². The SMILES string of the molecule is COCCNC(=O)CN1CCN(C(C)C(=O)N2CC(C)OC(C)C2)CC1. The molecule has 0 aromatic heterocycles. The van der Waals surface area contributed by atoms with E-state index in [0.717, 1.165) is 26.2 Å². The van der Waals surface area contributed by atoms with E-state index in [1.165, 1.54) is 0 Å². The first-order valence-electron chi connectivity index (χ1n) is 9.57. The average molecular weight is 370 g/mol. The second kappa shape index (κ2) is 10.2. The van der Waals surface area contributed by atoms with Gasteiger partial charge in [-0.25, -0.2) is 0 Å². The molecule has 3 atom stereocenters. The third kappa shape index (κ3) is 6.19. The molecule has 8 nitrogen and oxygen atoms in total. The van der Waals surface area contributed by atoms with E-state index in [1.54, 1.807) is 7.11 Å². The first-order valence-corrected chi connectivity index (χ1v) is 9.57. The van der Waals surface area contributed by atoms with Crippen LogP contribution in [0.25, 0.3) is 0 Å². The van der Waals surface area contributed by atoms with Crippen LogP contribution in [0.5, 0.6) is 0 Å². The second-order valence-corrected chi connectivity index (χ2v) is 7.33. The summed E-state index contributed by atoms with van der Waals surface area (Å²) in [5.41, 5.74) is 0. The molecule has 2 aliphatic heterocycles. The van der Waals surface area contributed by atoms with Gasteiger partial charge in [-0.05, 0) is 20.8 Å². The summed E-state index contributed by atoms with van der Waals surface area (Å²) < 4.78 is 10.6. The van der Waals surface area contributed by atoms with E-state index in [4.69, 9.17) is 9.47 Å². The maximum atomic E-state index is 12.8. The number of carbonyl (C=O) groups excluding carboxylic acids is 2. The molecule has 0 saturated carbocycles. The Morgan fingerprint density at radius 2 is 1.77 bits per heavy atom. The van der Waals surface area contributed by atoms with Gasteiger partial charge in [-0.3, -0.25) is 19.4 Å². The van der Waals surface area contributed by atoms with E-state index >= 15 is 0 Å². The zero-order valence-corrected chi connectivity index (χ0v) is 16.6. The van der Waals surface area contributed by atoms with Gasteiger partial charge in [-0.15, -0.1) is 0 Å². The number of hydrogen-bond donors (Lipinski definition) is 1. The highest BCUT2D eigenvalue weighted by Gasteiger charge is 2.32. The molecule has 0 aromatic rings. The summed E-state index contributed by atoms with van der Waals surface area (Å²) in [6, 6.07) is -0.134. The lowest BCUT2D eigenvalue weighted by molar-refractivity contribution is -0.149. The molecule has 2 fully saturated rings. The van der Waals surface area contributed by atoms with E-state index in [1.807, 2.05) is 25.7 Å². The molecule has 0 spiro atoms. The highest BCUT2D eigenvalue weighted by molar-refractivity contribution is 5.81. The molecule has 2 rings (SSSR count). The van der Waals surface area contributed by atoms with Crippen LogP contribution in [0.15, 0.2) is 0 Å². The molecule has 3 unspecified atom stereocenters. The maximum absolute atomic E-state index is 12.8. The minimum atomic E-state index is -0.134. The van der Waals surface area contributed by atoms with E-state index in [9.17, 15) is 9.59 Å². The zero-order valence-electron chi connectivity index (χ0n) is 16.6. The number of rotatable bonds is 7. The number of methoxy groups -OCH3 is 1. The van der Waals surface area contributed by atoms with Gasteiger partial charge in [0.05, 0.1) is 31.4 Å². The van der Waals surface area contributed by atoms with E-state index < -0.39 is 0 Å². The maximum Gasteiger partial charge on any atom is 0.239 e. The van der Waals surface area contributed by atoms with Gasteiger partial charge in [0.2, 0.25) is 11.8 Å². The van der Waals surface area contributed by atoms with Crippen LogP contribution in [-0.4, -0.2) is 111 Å². The summed E-state index contributed by atoms with van der Waals surface area (Å²) in [4.78, 5) is 31.0. The van der Waals surface area contributed by atoms with E-state index in [2.05, 4.69) is 15.1 Å². The van der Waals surface area contributed by atoms with Gasteiger partial charge in [-0.2, -0.15) is 0 Å². The van der Waals surface area contributed by atoms with Gasteiger partial charge < -0.3 is 19.7 Å². The number of piperazine rings is 1. The summed E-state index contributed by atoms with van der Waals surface area (Å²) in [6.45, 7) is 12.0. The lowest BCUT2D eigenvalue weighted by Gasteiger charge is -2.41. The van der Waals surface area contributed by atoms with Gasteiger partial charge in [0, 0.05) is 52.9 Å². The molecule has 0 radical (unpaired) electrons. The summed E-state index contributed by atoms with van der Waals surface area (Å²) >= 11 is 0. The highest BCUT2D eigenvalue weighted by atomic mass is 16.5. The Bertz CT molecular complexity index is 458. The van der Waals surface area contributed by atoms with Crippen LogP contribution in [-0.2, 0) is 19.1 Å². The normalized spacial score (nSPS) is 26.5. The fraction of sp³-hybridized carbons (Fsp3) is 0.889. The van der Waals surface area contributed by atoms with E-state index in [0.29, 0.717) is 32.8 Å². The molecule has 0 bridgehead atoms. The summed E-state index contributed by atoms with van der Waals surface area (Å²) in [5, 5.41) is 2.84. The van der Waals surface area contributed by atoms with Crippen LogP contribution in [0.1, 0.15) is 20.8 Å². The minimum Gasteiger partial charge on any atom is -0.383 e. The third-order valence-corrected chi connectivity index (χ3v) is 5.04. The Balaban J connectivity index is 1.74. The molecule has 2 heterocycles. The molecular formula is C18H34N4O4. The topological polar surface area (TPSA) is 74.4 Å². The van der Waals surface area contributed by atoms with Crippen molar-refractivity contribution in [2.75, 3.05) is 66.1 Å². The van der Waals surface area contributed by atoms with Crippen LogP contribution >= 0.6 is 0 Å². The Kier molecular flexibility index (Phi) is 8.27. The predicted octanol–water partition coefficient (Wildman–Crippen LogP) is -0.609. The number of carbonyl (C=O) groups is 2. The molecular weight excluding hydrogens is 336 g/mol. The molecule has 150 valence electrons. The van der Waals surface area contributed by atoms with Crippen molar-refractivity contribution in [1.29, 1.82) is 0 Å². The van der Waals surface area contributed by atoms with Crippen LogP contribution in [0.4, 0.5) is 0 Å². The number of ether oxygens (including phenoxy) is 2. The van der Waals surface area contributed by atoms with Crippen LogP contribution in [0, 0.1) is 0 Å². The molecule has 2 amide bonds. The number of morpholine rings is 1. The molecule has 2 saturated heterocycles. The van der Waals surface area contributed by atoms with Crippen molar-refractivity contribution in [2.45, 2.75) is 39.0 Å². The standard InChI is InChI=1S/C18H34N4O4/c1-14-11-22(12-15(2)26-14)18(24)16(3)21-8-6-20(7-9-21)13-17(23)19-5-10-25-4/h14-16H,5-13H2,1-4H3,(H,19,23). The molecule has 26 heavy (non-hydrogen) atoms. The van der Waals surface area contributed by atoms with Crippen molar-refractivity contribution in [2.24, 2.45) is 0 Å². The monoisotopic (exact) mass is 370 g/mol. The minimum absolute atomic E-state index is 0.0240. The van der Waals surface area contributed by atoms with Crippen molar-refractivity contribution in [3.8, 4) is 0 Å². The first-order chi connectivity index (χ1) is 12.4. The summed E-state index contributed by atoms with van der Waals surface area (Å²) in [7, 11) is 1.62. The van der Waals surface area contributed by atoms with Crippen molar-refractivity contribution in [1.82, 2.24) is 20.0 Å². The fourth-order valence-corrected chi connectivity index (χ4v) is 3.64. The predicted molar refractivity (Wildman–Crippen MR) is 98.9 cm³/mol. The molecule has 2 aliphatic rings. The van der Waals surface area contributed by atoms with Crippen LogP contribution < -0.4 is 5.32 Å². The largest absolute Gasteiger partial charge is 0.383 e. The second-order valence-electron chi connectivity index (χ2n) is 7.33. The summed E-state index contributed by atoms with van der Waals surface area (Å²) in [6.07, 6.45) is 0.173. The Morgan fingerprint density at radius 1 is 1.15 bits per heavy atom. The number of nitrogens with zero attached hydrogens (tertiary/aromatic N) is 3. The van der Waals surface area contributed by atoms with E-state index in [-0.39, 0.29) is 30.1 Å². The Hall–Kier alpha value is -1.22. The van der Waals surface area contributed by atoms with Gasteiger partial charge in [0.15, 0.2) is 0 Å². The fourth-order valence-electron chi connectivity index (χ4n) is 3.64. The average Bonchev–Trinajstić information content (AvgIpc) is 2.60. The van der Waals surface area contributed by atoms with Crippen LogP contribution in [0.3, 0.4) is 0 Å². The highest BCUT2D eigenvalue weighted by Crippen LogP contribution is 2.15. The third-order valence-electron chi connectivity index (χ3n) is 5.04. The first kappa shape index (κ1) is 21.1. The van der Waals surface area contributed by atoms with Gasteiger partial charge in [-0.1, -0.05) is 0 Å². The summed E-state index contributed by atoms with van der Waals surface area (Å²) in [5.74, 6) is 0.202. The number of nitrogens with one attached hydrogen (secondary N) is 1. The van der Waals surface area contributed by atoms with Crippen molar-refractivity contribution < 1.29 is 19.1 Å². The van der Waals surface area contributed by atoms with Crippen LogP contribution in [0.2, 0.25) is 0 Å². The lowest BCUT2D eigenvalue weighted by atomic mass is 10.1. The molecule has 0 aliphatic carbocycles. The Labute approximate surface area is 156 Å².